The monoisotopic (exact) mass is 374 g/mol. The van der Waals surface area contributed by atoms with Gasteiger partial charge in [0.1, 0.15) is 11.5 Å². The maximum atomic E-state index is 9.28. The third-order valence-corrected chi connectivity index (χ3v) is 4.90. The highest BCUT2D eigenvalue weighted by Gasteiger charge is 2.13. The molecule has 5 nitrogen and oxygen atoms in total. The number of hydrogen-bond donors (Lipinski definition) is 2. The first-order chi connectivity index (χ1) is 13.6. The van der Waals surface area contributed by atoms with Crippen LogP contribution in [0.3, 0.4) is 0 Å². The number of fused-ring (bicyclic) bond motifs is 2. The molecule has 0 amide bonds. The molecule has 142 valence electrons. The minimum atomic E-state index is 0.0254. The lowest BCUT2D eigenvalue weighted by atomic mass is 10.0. The molecular weight excluding hydrogens is 352 g/mol. The predicted octanol–water partition coefficient (Wildman–Crippen LogP) is 4.95. The largest absolute Gasteiger partial charge is 0.497 e. The summed E-state index contributed by atoms with van der Waals surface area (Å²) in [4.78, 5) is 4.82. The number of aromatic nitrogens is 1. The summed E-state index contributed by atoms with van der Waals surface area (Å²) in [6.45, 7) is 2.05. The number of nitrogens with one attached hydrogen (secondary N) is 1. The van der Waals surface area contributed by atoms with Crippen LogP contribution in [-0.2, 0) is 6.61 Å². The van der Waals surface area contributed by atoms with Gasteiger partial charge in [0.2, 0.25) is 0 Å². The normalized spacial score (nSPS) is 11.0. The Morgan fingerprint density at radius 3 is 2.32 bits per heavy atom. The first-order valence-corrected chi connectivity index (χ1v) is 9.06. The highest BCUT2D eigenvalue weighted by atomic mass is 16.5. The molecule has 0 aliphatic heterocycles. The van der Waals surface area contributed by atoms with Crippen LogP contribution >= 0.6 is 0 Å². The van der Waals surface area contributed by atoms with Crippen LogP contribution < -0.4 is 14.8 Å². The van der Waals surface area contributed by atoms with Crippen molar-refractivity contribution in [1.29, 1.82) is 0 Å². The van der Waals surface area contributed by atoms with E-state index in [1.165, 1.54) is 0 Å². The van der Waals surface area contributed by atoms with Crippen LogP contribution in [-0.4, -0.2) is 24.3 Å². The SMILES string of the molecule is COc1ccc2nc3cc(OC)c(C)cc3c(Nc3ccc(CO)cc3)c2c1. The van der Waals surface area contributed by atoms with E-state index in [2.05, 4.69) is 11.4 Å². The number of aliphatic hydroxyl groups is 1. The van der Waals surface area contributed by atoms with Crippen LogP contribution in [0.1, 0.15) is 11.1 Å². The molecule has 0 unspecified atom stereocenters. The number of anilines is 2. The second kappa shape index (κ2) is 7.37. The Hall–Kier alpha value is -3.31. The molecule has 2 N–H and O–H groups in total. The van der Waals surface area contributed by atoms with Crippen molar-refractivity contribution in [2.24, 2.45) is 0 Å². The number of nitrogens with zero attached hydrogens (tertiary/aromatic N) is 1. The van der Waals surface area contributed by atoms with Crippen LogP contribution in [0.2, 0.25) is 0 Å². The standard InChI is InChI=1S/C23H22N2O3/c1-14-10-18-21(12-22(14)28-3)25-20-9-8-17(27-2)11-19(20)23(18)24-16-6-4-15(13-26)5-7-16/h4-12,26H,13H2,1-3H3,(H,24,25). The van der Waals surface area contributed by atoms with Crippen molar-refractivity contribution in [2.75, 3.05) is 19.5 Å². The zero-order valence-electron chi connectivity index (χ0n) is 16.1. The molecule has 1 aromatic heterocycles. The van der Waals surface area contributed by atoms with Crippen molar-refractivity contribution < 1.29 is 14.6 Å². The van der Waals surface area contributed by atoms with Gasteiger partial charge in [-0.15, -0.1) is 0 Å². The minimum Gasteiger partial charge on any atom is -0.497 e. The third kappa shape index (κ3) is 3.21. The van der Waals surface area contributed by atoms with E-state index in [4.69, 9.17) is 14.5 Å². The molecule has 0 spiro atoms. The van der Waals surface area contributed by atoms with E-state index < -0.39 is 0 Å². The molecular formula is C23H22N2O3. The van der Waals surface area contributed by atoms with Gasteiger partial charge in [-0.2, -0.15) is 0 Å². The van der Waals surface area contributed by atoms with E-state index in [1.54, 1.807) is 14.2 Å². The molecule has 4 rings (SSSR count). The van der Waals surface area contributed by atoms with Crippen LogP contribution in [0.4, 0.5) is 11.4 Å². The molecule has 0 fully saturated rings. The van der Waals surface area contributed by atoms with Crippen LogP contribution in [0.15, 0.2) is 54.6 Å². The fourth-order valence-electron chi connectivity index (χ4n) is 3.38. The Bertz CT molecular complexity index is 1150. The molecule has 3 aromatic carbocycles. The number of ether oxygens (including phenoxy) is 2. The molecule has 0 bridgehead atoms. The van der Waals surface area contributed by atoms with Crippen LogP contribution in [0.25, 0.3) is 21.8 Å². The molecule has 0 saturated heterocycles. The van der Waals surface area contributed by atoms with Crippen LogP contribution in [0, 0.1) is 6.92 Å². The molecule has 0 radical (unpaired) electrons. The number of benzene rings is 3. The van der Waals surface area contributed by atoms with E-state index in [0.29, 0.717) is 0 Å². The summed E-state index contributed by atoms with van der Waals surface area (Å²) < 4.78 is 10.9. The molecule has 0 atom stereocenters. The Labute approximate surface area is 163 Å². The lowest BCUT2D eigenvalue weighted by Gasteiger charge is -2.16. The van der Waals surface area contributed by atoms with Gasteiger partial charge >= 0.3 is 0 Å². The van der Waals surface area contributed by atoms with Crippen molar-refractivity contribution in [1.82, 2.24) is 4.98 Å². The van der Waals surface area contributed by atoms with E-state index in [0.717, 1.165) is 55.8 Å². The van der Waals surface area contributed by atoms with Crippen molar-refractivity contribution in [2.45, 2.75) is 13.5 Å². The van der Waals surface area contributed by atoms with E-state index in [-0.39, 0.29) is 6.61 Å². The van der Waals surface area contributed by atoms with Gasteiger partial charge in [-0.05, 0) is 54.4 Å². The molecule has 5 heteroatoms. The van der Waals surface area contributed by atoms with E-state index in [9.17, 15) is 5.11 Å². The molecule has 0 aliphatic carbocycles. The summed E-state index contributed by atoms with van der Waals surface area (Å²) in [5, 5.41) is 14.8. The zero-order chi connectivity index (χ0) is 19.7. The van der Waals surface area contributed by atoms with Crippen molar-refractivity contribution in [3.63, 3.8) is 0 Å². The molecule has 1 heterocycles. The topological polar surface area (TPSA) is 63.6 Å². The zero-order valence-corrected chi connectivity index (χ0v) is 16.1. The van der Waals surface area contributed by atoms with Crippen molar-refractivity contribution >= 4 is 33.2 Å². The number of pyridine rings is 1. The lowest BCUT2D eigenvalue weighted by Crippen LogP contribution is -1.98. The summed E-state index contributed by atoms with van der Waals surface area (Å²) in [7, 11) is 3.33. The number of hydrogen-bond acceptors (Lipinski definition) is 5. The van der Waals surface area contributed by atoms with Crippen molar-refractivity contribution in [3.8, 4) is 11.5 Å². The highest BCUT2D eigenvalue weighted by molar-refractivity contribution is 6.09. The fourth-order valence-corrected chi connectivity index (χ4v) is 3.38. The first kappa shape index (κ1) is 18.1. The molecule has 28 heavy (non-hydrogen) atoms. The second-order valence-electron chi connectivity index (χ2n) is 6.69. The number of methoxy groups -OCH3 is 2. The summed E-state index contributed by atoms with van der Waals surface area (Å²) in [5.41, 5.74) is 5.53. The average Bonchev–Trinajstić information content (AvgIpc) is 2.73. The van der Waals surface area contributed by atoms with Crippen LogP contribution in [0.5, 0.6) is 11.5 Å². The summed E-state index contributed by atoms with van der Waals surface area (Å²) >= 11 is 0. The maximum Gasteiger partial charge on any atom is 0.123 e. The number of aliphatic hydroxyl groups excluding tert-OH is 1. The van der Waals surface area contributed by atoms with Gasteiger partial charge < -0.3 is 19.9 Å². The summed E-state index contributed by atoms with van der Waals surface area (Å²) in [5.74, 6) is 1.59. The maximum absolute atomic E-state index is 9.28. The van der Waals surface area contributed by atoms with E-state index in [1.807, 2.05) is 55.5 Å². The number of aryl methyl sites for hydroxylation is 1. The average molecular weight is 374 g/mol. The van der Waals surface area contributed by atoms with E-state index >= 15 is 0 Å². The fraction of sp³-hybridized carbons (Fsp3) is 0.174. The van der Waals surface area contributed by atoms with Crippen molar-refractivity contribution in [3.05, 3.63) is 65.7 Å². The van der Waals surface area contributed by atoms with Gasteiger partial charge in [0, 0.05) is 22.5 Å². The third-order valence-electron chi connectivity index (χ3n) is 4.90. The highest BCUT2D eigenvalue weighted by Crippen LogP contribution is 2.37. The second-order valence-corrected chi connectivity index (χ2v) is 6.69. The summed E-state index contributed by atoms with van der Waals surface area (Å²) in [6.07, 6.45) is 0. The Morgan fingerprint density at radius 1 is 0.893 bits per heavy atom. The molecule has 0 aliphatic rings. The lowest BCUT2D eigenvalue weighted by molar-refractivity contribution is 0.282. The van der Waals surface area contributed by atoms with Gasteiger partial charge in [0.05, 0.1) is 37.5 Å². The van der Waals surface area contributed by atoms with Gasteiger partial charge in [0.25, 0.3) is 0 Å². The van der Waals surface area contributed by atoms with Gasteiger partial charge in [-0.3, -0.25) is 0 Å². The first-order valence-electron chi connectivity index (χ1n) is 9.06. The predicted molar refractivity (Wildman–Crippen MR) is 113 cm³/mol. The molecule has 4 aromatic rings. The summed E-state index contributed by atoms with van der Waals surface area (Å²) in [6, 6.07) is 17.6. The Morgan fingerprint density at radius 2 is 1.64 bits per heavy atom. The van der Waals surface area contributed by atoms with Gasteiger partial charge in [0.15, 0.2) is 0 Å². The smallest absolute Gasteiger partial charge is 0.123 e. The van der Waals surface area contributed by atoms with Gasteiger partial charge in [-0.1, -0.05) is 12.1 Å². The van der Waals surface area contributed by atoms with Gasteiger partial charge in [-0.25, -0.2) is 4.98 Å². The molecule has 0 saturated carbocycles. The Kier molecular flexibility index (Phi) is 4.75. The minimum absolute atomic E-state index is 0.0254. The quantitative estimate of drug-likeness (QED) is 0.484. The Balaban J connectivity index is 1.97. The number of rotatable bonds is 5.